The summed E-state index contributed by atoms with van der Waals surface area (Å²) < 4.78 is 20.2. The van der Waals surface area contributed by atoms with Crippen molar-refractivity contribution in [3.05, 3.63) is 42.2 Å². The van der Waals surface area contributed by atoms with Gasteiger partial charge in [0, 0.05) is 20.2 Å². The van der Waals surface area contributed by atoms with Gasteiger partial charge in [0.05, 0.1) is 6.61 Å². The number of aromatic nitrogens is 3. The number of ether oxygens (including phenoxy) is 1. The molecule has 0 aliphatic rings. The first kappa shape index (κ1) is 12.7. The summed E-state index contributed by atoms with van der Waals surface area (Å²) in [5.41, 5.74) is 1.28. The Morgan fingerprint density at radius 1 is 1.44 bits per heavy atom. The lowest BCUT2D eigenvalue weighted by Crippen LogP contribution is -2.18. The molecule has 6 heteroatoms. The number of methoxy groups -OCH3 is 1. The van der Waals surface area contributed by atoms with Gasteiger partial charge < -0.3 is 10.1 Å². The molecule has 0 atom stereocenters. The van der Waals surface area contributed by atoms with E-state index in [-0.39, 0.29) is 5.82 Å². The summed E-state index contributed by atoms with van der Waals surface area (Å²) in [5, 5.41) is 7.05. The number of hydrogen-bond donors (Lipinski definition) is 1. The lowest BCUT2D eigenvalue weighted by Gasteiger charge is -2.07. The van der Waals surface area contributed by atoms with E-state index in [9.17, 15) is 4.39 Å². The van der Waals surface area contributed by atoms with Crippen molar-refractivity contribution in [2.75, 3.05) is 20.3 Å². The average molecular weight is 250 g/mol. The first-order valence-corrected chi connectivity index (χ1v) is 5.64. The molecule has 0 amide bonds. The summed E-state index contributed by atoms with van der Waals surface area (Å²) in [6.45, 7) is 1.99. The van der Waals surface area contributed by atoms with Crippen LogP contribution in [0.4, 0.5) is 4.39 Å². The second-order valence-electron chi connectivity index (χ2n) is 3.80. The molecule has 1 aromatic carbocycles. The fourth-order valence-electron chi connectivity index (χ4n) is 1.59. The van der Waals surface area contributed by atoms with E-state index >= 15 is 0 Å². The van der Waals surface area contributed by atoms with E-state index in [0.29, 0.717) is 18.8 Å². The van der Waals surface area contributed by atoms with Gasteiger partial charge in [0.1, 0.15) is 24.2 Å². The molecule has 5 nitrogen and oxygen atoms in total. The lowest BCUT2D eigenvalue weighted by molar-refractivity contribution is 0.199. The SMILES string of the molecule is COCCNCc1ccc(-n2cncn2)c(F)c1. The van der Waals surface area contributed by atoms with Crippen LogP contribution in [0, 0.1) is 5.82 Å². The van der Waals surface area contributed by atoms with Crippen LogP contribution in [0.1, 0.15) is 5.56 Å². The summed E-state index contributed by atoms with van der Waals surface area (Å²) in [7, 11) is 1.65. The lowest BCUT2D eigenvalue weighted by atomic mass is 10.2. The van der Waals surface area contributed by atoms with Crippen LogP contribution in [0.25, 0.3) is 5.69 Å². The third kappa shape index (κ3) is 3.12. The van der Waals surface area contributed by atoms with E-state index in [4.69, 9.17) is 4.74 Å². The Morgan fingerprint density at radius 3 is 3.00 bits per heavy atom. The molecule has 2 rings (SSSR count). The molecule has 96 valence electrons. The Labute approximate surface area is 105 Å². The highest BCUT2D eigenvalue weighted by Crippen LogP contribution is 2.13. The van der Waals surface area contributed by atoms with Crippen molar-refractivity contribution in [3.8, 4) is 5.69 Å². The maximum Gasteiger partial charge on any atom is 0.149 e. The zero-order valence-corrected chi connectivity index (χ0v) is 10.1. The Hall–Kier alpha value is -1.79. The fraction of sp³-hybridized carbons (Fsp3) is 0.333. The molecule has 0 aliphatic carbocycles. The third-order valence-electron chi connectivity index (χ3n) is 2.49. The van der Waals surface area contributed by atoms with Crippen molar-refractivity contribution >= 4 is 0 Å². The molecule has 0 spiro atoms. The first-order chi connectivity index (χ1) is 8.81. The van der Waals surface area contributed by atoms with Gasteiger partial charge in [-0.05, 0) is 17.7 Å². The molecular weight excluding hydrogens is 235 g/mol. The van der Waals surface area contributed by atoms with Gasteiger partial charge in [0.25, 0.3) is 0 Å². The Balaban J connectivity index is 2.01. The second-order valence-corrected chi connectivity index (χ2v) is 3.80. The van der Waals surface area contributed by atoms with Gasteiger partial charge in [-0.1, -0.05) is 6.07 Å². The van der Waals surface area contributed by atoms with Crippen molar-refractivity contribution in [2.45, 2.75) is 6.54 Å². The maximum absolute atomic E-state index is 13.8. The molecule has 0 saturated heterocycles. The molecule has 0 fully saturated rings. The number of nitrogens with zero attached hydrogens (tertiary/aromatic N) is 3. The number of nitrogens with one attached hydrogen (secondary N) is 1. The third-order valence-corrected chi connectivity index (χ3v) is 2.49. The highest BCUT2D eigenvalue weighted by molar-refractivity contribution is 5.35. The summed E-state index contributed by atoms with van der Waals surface area (Å²) in [4.78, 5) is 3.79. The van der Waals surface area contributed by atoms with Gasteiger partial charge in [-0.3, -0.25) is 0 Å². The highest BCUT2D eigenvalue weighted by atomic mass is 19.1. The Kier molecular flexibility index (Phi) is 4.38. The van der Waals surface area contributed by atoms with Gasteiger partial charge >= 0.3 is 0 Å². The van der Waals surface area contributed by atoms with Gasteiger partial charge in [0.2, 0.25) is 0 Å². The largest absolute Gasteiger partial charge is 0.383 e. The van der Waals surface area contributed by atoms with Crippen molar-refractivity contribution in [1.82, 2.24) is 20.1 Å². The van der Waals surface area contributed by atoms with Crippen LogP contribution < -0.4 is 5.32 Å². The van der Waals surface area contributed by atoms with E-state index in [2.05, 4.69) is 15.4 Å². The standard InChI is InChI=1S/C12H15FN4O/c1-18-5-4-14-7-10-2-3-12(11(13)6-10)17-9-15-8-16-17/h2-3,6,8-9,14H,4-5,7H2,1H3. The molecule has 18 heavy (non-hydrogen) atoms. The first-order valence-electron chi connectivity index (χ1n) is 5.64. The maximum atomic E-state index is 13.8. The quantitative estimate of drug-likeness (QED) is 0.781. The molecule has 1 N–H and O–H groups in total. The van der Waals surface area contributed by atoms with Crippen molar-refractivity contribution in [1.29, 1.82) is 0 Å². The van der Waals surface area contributed by atoms with Gasteiger partial charge in [-0.2, -0.15) is 5.10 Å². The fourth-order valence-corrected chi connectivity index (χ4v) is 1.59. The van der Waals surface area contributed by atoms with Crippen LogP contribution in [0.15, 0.2) is 30.9 Å². The Bertz CT molecular complexity index is 487. The minimum absolute atomic E-state index is 0.313. The number of halogens is 1. The van der Waals surface area contributed by atoms with Crippen molar-refractivity contribution < 1.29 is 9.13 Å². The van der Waals surface area contributed by atoms with Crippen LogP contribution in [0.5, 0.6) is 0 Å². The van der Waals surface area contributed by atoms with Crippen LogP contribution in [-0.2, 0) is 11.3 Å². The van der Waals surface area contributed by atoms with E-state index in [1.165, 1.54) is 23.4 Å². The molecule has 1 heterocycles. The minimum atomic E-state index is -0.313. The average Bonchev–Trinajstić information content (AvgIpc) is 2.88. The summed E-state index contributed by atoms with van der Waals surface area (Å²) >= 11 is 0. The smallest absolute Gasteiger partial charge is 0.149 e. The van der Waals surface area contributed by atoms with Crippen LogP contribution in [0.3, 0.4) is 0 Å². The summed E-state index contributed by atoms with van der Waals surface area (Å²) in [6.07, 6.45) is 2.84. The molecule has 0 aliphatic heterocycles. The molecule has 0 bridgehead atoms. The zero-order chi connectivity index (χ0) is 12.8. The molecule has 1 aromatic heterocycles. The predicted octanol–water partition coefficient (Wildman–Crippen LogP) is 1.14. The predicted molar refractivity (Wildman–Crippen MR) is 64.9 cm³/mol. The number of hydrogen-bond acceptors (Lipinski definition) is 4. The molecule has 2 aromatic rings. The second kappa shape index (κ2) is 6.23. The molecule has 0 unspecified atom stereocenters. The van der Waals surface area contributed by atoms with Crippen molar-refractivity contribution in [3.63, 3.8) is 0 Å². The number of benzene rings is 1. The van der Waals surface area contributed by atoms with Gasteiger partial charge in [-0.25, -0.2) is 14.1 Å². The van der Waals surface area contributed by atoms with Crippen LogP contribution in [-0.4, -0.2) is 35.0 Å². The molecule has 0 saturated carbocycles. The van der Waals surface area contributed by atoms with Gasteiger partial charge in [-0.15, -0.1) is 0 Å². The van der Waals surface area contributed by atoms with E-state index in [1.807, 2.05) is 6.07 Å². The highest BCUT2D eigenvalue weighted by Gasteiger charge is 2.05. The topological polar surface area (TPSA) is 52.0 Å². The number of rotatable bonds is 6. The minimum Gasteiger partial charge on any atom is -0.383 e. The summed E-state index contributed by atoms with van der Waals surface area (Å²) in [6, 6.07) is 5.05. The Morgan fingerprint density at radius 2 is 2.33 bits per heavy atom. The molecule has 0 radical (unpaired) electrons. The molecular formula is C12H15FN4O. The van der Waals surface area contributed by atoms with E-state index in [1.54, 1.807) is 13.2 Å². The van der Waals surface area contributed by atoms with Gasteiger partial charge in [0.15, 0.2) is 0 Å². The monoisotopic (exact) mass is 250 g/mol. The zero-order valence-electron chi connectivity index (χ0n) is 10.1. The van der Waals surface area contributed by atoms with Crippen LogP contribution >= 0.6 is 0 Å². The summed E-state index contributed by atoms with van der Waals surface area (Å²) in [5.74, 6) is -0.313. The normalized spacial score (nSPS) is 10.8. The van der Waals surface area contributed by atoms with E-state index in [0.717, 1.165) is 12.1 Å². The van der Waals surface area contributed by atoms with E-state index < -0.39 is 0 Å². The van der Waals surface area contributed by atoms with Crippen LogP contribution in [0.2, 0.25) is 0 Å². The van der Waals surface area contributed by atoms with Crippen molar-refractivity contribution in [2.24, 2.45) is 0 Å².